The molecule has 0 atom stereocenters. The van der Waals surface area contributed by atoms with E-state index in [0.717, 1.165) is 0 Å². The van der Waals surface area contributed by atoms with Crippen LogP contribution in [0.25, 0.3) is 0 Å². The molecule has 0 saturated heterocycles. The molecule has 2 amide bonds. The fraction of sp³-hybridized carbons (Fsp3) is 0.300. The number of guanidine groups is 1. The minimum Gasteiger partial charge on any atom is -0.370 e. The topological polar surface area (TPSA) is 152 Å². The number of nitrogens with one attached hydrogen (secondary N) is 2. The molecular formula is C10H16N6O2. The first kappa shape index (κ1) is 13.7. The van der Waals surface area contributed by atoms with Crippen molar-refractivity contribution in [2.45, 2.75) is 6.42 Å². The summed E-state index contributed by atoms with van der Waals surface area (Å²) in [6, 6.07) is 2.92. The number of aromatic amines is 1. The van der Waals surface area contributed by atoms with Crippen molar-refractivity contribution in [2.75, 3.05) is 13.1 Å². The summed E-state index contributed by atoms with van der Waals surface area (Å²) in [7, 11) is 0. The van der Waals surface area contributed by atoms with Crippen LogP contribution in [0.15, 0.2) is 17.1 Å². The molecule has 1 aromatic rings. The Morgan fingerprint density at radius 2 is 1.94 bits per heavy atom. The first-order valence-corrected chi connectivity index (χ1v) is 5.36. The molecule has 0 aliphatic carbocycles. The highest BCUT2D eigenvalue weighted by Gasteiger charge is 2.11. The lowest BCUT2D eigenvalue weighted by Crippen LogP contribution is -2.26. The fourth-order valence-electron chi connectivity index (χ4n) is 1.23. The maximum absolute atomic E-state index is 11.6. The van der Waals surface area contributed by atoms with E-state index in [0.29, 0.717) is 19.5 Å². The van der Waals surface area contributed by atoms with E-state index in [2.05, 4.69) is 15.3 Å². The van der Waals surface area contributed by atoms with Crippen LogP contribution in [0.2, 0.25) is 0 Å². The Labute approximate surface area is 104 Å². The molecule has 0 bridgehead atoms. The average molecular weight is 252 g/mol. The number of rotatable bonds is 5. The van der Waals surface area contributed by atoms with E-state index in [9.17, 15) is 9.59 Å². The molecule has 18 heavy (non-hydrogen) atoms. The lowest BCUT2D eigenvalue weighted by molar-refractivity contribution is 0.0949. The Bertz CT molecular complexity index is 461. The lowest BCUT2D eigenvalue weighted by atomic mass is 10.3. The zero-order valence-corrected chi connectivity index (χ0v) is 9.77. The second-order valence-electron chi connectivity index (χ2n) is 3.53. The van der Waals surface area contributed by atoms with Crippen LogP contribution in [-0.4, -0.2) is 35.8 Å². The highest BCUT2D eigenvalue weighted by atomic mass is 16.2. The number of nitrogens with zero attached hydrogens (tertiary/aromatic N) is 1. The quantitative estimate of drug-likeness (QED) is 0.245. The summed E-state index contributed by atoms with van der Waals surface area (Å²) >= 11 is 0. The van der Waals surface area contributed by atoms with Crippen molar-refractivity contribution in [3.05, 3.63) is 23.5 Å². The van der Waals surface area contributed by atoms with Crippen LogP contribution >= 0.6 is 0 Å². The van der Waals surface area contributed by atoms with Gasteiger partial charge in [-0.05, 0) is 25.1 Å². The number of aromatic nitrogens is 1. The van der Waals surface area contributed by atoms with Crippen LogP contribution < -0.4 is 22.5 Å². The molecule has 1 heterocycles. The third-order valence-electron chi connectivity index (χ3n) is 2.06. The second kappa shape index (κ2) is 6.40. The summed E-state index contributed by atoms with van der Waals surface area (Å²) in [5.41, 5.74) is 15.9. The molecule has 8 nitrogen and oxygen atoms in total. The summed E-state index contributed by atoms with van der Waals surface area (Å²) in [5.74, 6) is -1.27. The van der Waals surface area contributed by atoms with Gasteiger partial charge in [0.1, 0.15) is 11.4 Å². The average Bonchev–Trinajstić information content (AvgIpc) is 2.77. The number of aliphatic imine (C=N–C) groups is 1. The van der Waals surface area contributed by atoms with Crippen LogP contribution in [0.5, 0.6) is 0 Å². The summed E-state index contributed by atoms with van der Waals surface area (Å²) in [5, 5.41) is 2.65. The van der Waals surface area contributed by atoms with E-state index in [4.69, 9.17) is 17.2 Å². The Morgan fingerprint density at radius 1 is 1.28 bits per heavy atom. The van der Waals surface area contributed by atoms with Crippen LogP contribution in [-0.2, 0) is 0 Å². The Balaban J connectivity index is 2.65. The van der Waals surface area contributed by atoms with Gasteiger partial charge in [-0.15, -0.1) is 0 Å². The predicted molar refractivity (Wildman–Crippen MR) is 66.9 cm³/mol. The molecule has 0 unspecified atom stereocenters. The molecular weight excluding hydrogens is 236 g/mol. The van der Waals surface area contributed by atoms with E-state index in [1.54, 1.807) is 0 Å². The van der Waals surface area contributed by atoms with Crippen molar-refractivity contribution in [2.24, 2.45) is 22.2 Å². The molecule has 0 aliphatic heterocycles. The number of carbonyl (C=O) groups excluding carboxylic acids is 2. The fourth-order valence-corrected chi connectivity index (χ4v) is 1.23. The summed E-state index contributed by atoms with van der Waals surface area (Å²) in [4.78, 5) is 29.0. The molecule has 98 valence electrons. The standard InChI is InChI=1S/C10H16N6O2/c11-4-1-5-14-8(17)6-2-3-7(15-6)9(18)16-10(12)13/h2-3,15H,1,4-5,11H2,(H,14,17)(H4,12,13,16,18). The summed E-state index contributed by atoms with van der Waals surface area (Å²) in [6.45, 7) is 0.977. The molecule has 0 spiro atoms. The molecule has 0 saturated carbocycles. The van der Waals surface area contributed by atoms with Gasteiger partial charge in [0.25, 0.3) is 11.8 Å². The number of hydrogen-bond acceptors (Lipinski definition) is 3. The molecule has 1 aromatic heterocycles. The number of hydrogen-bond donors (Lipinski definition) is 5. The van der Waals surface area contributed by atoms with Gasteiger partial charge in [0.2, 0.25) is 0 Å². The van der Waals surface area contributed by atoms with Gasteiger partial charge in [-0.25, -0.2) is 0 Å². The first-order valence-electron chi connectivity index (χ1n) is 5.36. The molecule has 0 radical (unpaired) electrons. The SMILES string of the molecule is NCCCNC(=O)c1ccc(C(=O)N=C(N)N)[nH]1. The Kier molecular flexibility index (Phi) is 4.88. The second-order valence-corrected chi connectivity index (χ2v) is 3.53. The van der Waals surface area contributed by atoms with Crippen molar-refractivity contribution in [1.29, 1.82) is 0 Å². The summed E-state index contributed by atoms with van der Waals surface area (Å²) in [6.07, 6.45) is 0.687. The smallest absolute Gasteiger partial charge is 0.296 e. The van der Waals surface area contributed by atoms with Gasteiger partial charge in [-0.2, -0.15) is 4.99 Å². The highest BCUT2D eigenvalue weighted by molar-refractivity contribution is 6.02. The molecule has 0 fully saturated rings. The Hall–Kier alpha value is -2.35. The van der Waals surface area contributed by atoms with Crippen LogP contribution in [0.1, 0.15) is 27.4 Å². The third kappa shape index (κ3) is 3.91. The van der Waals surface area contributed by atoms with Crippen LogP contribution in [0, 0.1) is 0 Å². The number of amides is 2. The maximum atomic E-state index is 11.6. The van der Waals surface area contributed by atoms with E-state index in [1.165, 1.54) is 12.1 Å². The molecule has 8 N–H and O–H groups in total. The Morgan fingerprint density at radius 3 is 2.56 bits per heavy atom. The van der Waals surface area contributed by atoms with Crippen molar-refractivity contribution in [3.8, 4) is 0 Å². The summed E-state index contributed by atoms with van der Waals surface area (Å²) < 4.78 is 0. The van der Waals surface area contributed by atoms with E-state index >= 15 is 0 Å². The number of H-pyrrole nitrogens is 1. The lowest BCUT2D eigenvalue weighted by Gasteiger charge is -2.01. The maximum Gasteiger partial charge on any atom is 0.296 e. The molecule has 0 aromatic carbocycles. The minimum absolute atomic E-state index is 0.146. The van der Waals surface area contributed by atoms with Gasteiger partial charge in [-0.1, -0.05) is 0 Å². The minimum atomic E-state index is -0.629. The third-order valence-corrected chi connectivity index (χ3v) is 2.06. The van der Waals surface area contributed by atoms with Gasteiger partial charge >= 0.3 is 0 Å². The number of carbonyl (C=O) groups is 2. The van der Waals surface area contributed by atoms with Crippen molar-refractivity contribution < 1.29 is 9.59 Å². The van der Waals surface area contributed by atoms with Crippen LogP contribution in [0.4, 0.5) is 0 Å². The van der Waals surface area contributed by atoms with Crippen molar-refractivity contribution >= 4 is 17.8 Å². The molecule has 8 heteroatoms. The van der Waals surface area contributed by atoms with Gasteiger partial charge in [-0.3, -0.25) is 9.59 Å². The zero-order valence-electron chi connectivity index (χ0n) is 9.77. The van der Waals surface area contributed by atoms with E-state index in [1.807, 2.05) is 0 Å². The highest BCUT2D eigenvalue weighted by Crippen LogP contribution is 2.03. The van der Waals surface area contributed by atoms with Gasteiger partial charge in [0, 0.05) is 6.54 Å². The van der Waals surface area contributed by atoms with Gasteiger partial charge < -0.3 is 27.5 Å². The first-order chi connectivity index (χ1) is 8.54. The molecule has 1 rings (SSSR count). The van der Waals surface area contributed by atoms with E-state index < -0.39 is 5.91 Å². The van der Waals surface area contributed by atoms with Gasteiger partial charge in [0.05, 0.1) is 0 Å². The number of nitrogens with two attached hydrogens (primary N) is 3. The van der Waals surface area contributed by atoms with E-state index in [-0.39, 0.29) is 23.3 Å². The largest absolute Gasteiger partial charge is 0.370 e. The van der Waals surface area contributed by atoms with Crippen LogP contribution in [0.3, 0.4) is 0 Å². The molecule has 0 aliphatic rings. The monoisotopic (exact) mass is 252 g/mol. The zero-order chi connectivity index (χ0) is 13.5. The van der Waals surface area contributed by atoms with Crippen molar-refractivity contribution in [1.82, 2.24) is 10.3 Å². The normalized spacial score (nSPS) is 9.83. The van der Waals surface area contributed by atoms with Crippen molar-refractivity contribution in [3.63, 3.8) is 0 Å². The predicted octanol–water partition coefficient (Wildman–Crippen LogP) is -1.49. The van der Waals surface area contributed by atoms with Gasteiger partial charge in [0.15, 0.2) is 5.96 Å².